The smallest absolute Gasteiger partial charge is 0.194 e. The second-order valence-corrected chi connectivity index (χ2v) is 6.22. The highest BCUT2D eigenvalue weighted by atomic mass is 79.9. The van der Waals surface area contributed by atoms with Gasteiger partial charge >= 0.3 is 0 Å². The molecule has 0 saturated heterocycles. The van der Waals surface area contributed by atoms with E-state index in [-0.39, 0.29) is 5.78 Å². The first-order chi connectivity index (χ1) is 10.1. The van der Waals surface area contributed by atoms with E-state index in [0.717, 1.165) is 20.8 Å². The Morgan fingerprint density at radius 1 is 0.952 bits per heavy atom. The Morgan fingerprint density at radius 2 is 1.67 bits per heavy atom. The van der Waals surface area contributed by atoms with Gasteiger partial charge in [-0.3, -0.25) is 4.79 Å². The molecule has 3 heteroatoms. The molecule has 0 aliphatic rings. The lowest BCUT2D eigenvalue weighted by atomic mass is 9.95. The van der Waals surface area contributed by atoms with Gasteiger partial charge in [-0.25, -0.2) is 0 Å². The molecule has 104 valence electrons. The topological polar surface area (TPSA) is 17.1 Å². The third kappa shape index (κ3) is 2.61. The highest BCUT2D eigenvalue weighted by Gasteiger charge is 2.16. The molecule has 0 atom stereocenters. The Hall–Kier alpha value is -1.64. The zero-order chi connectivity index (χ0) is 15.0. The van der Waals surface area contributed by atoms with Gasteiger partial charge in [0.15, 0.2) is 5.78 Å². The second-order valence-electron chi connectivity index (χ2n) is 4.93. The van der Waals surface area contributed by atoms with Gasteiger partial charge in [0.1, 0.15) is 0 Å². The van der Waals surface area contributed by atoms with Crippen LogP contribution in [0.5, 0.6) is 0 Å². The van der Waals surface area contributed by atoms with Crippen LogP contribution in [0.15, 0.2) is 59.1 Å². The summed E-state index contributed by atoms with van der Waals surface area (Å²) in [6, 6.07) is 17.1. The summed E-state index contributed by atoms with van der Waals surface area (Å²) < 4.78 is 0.751. The third-order valence-corrected chi connectivity index (χ3v) is 4.49. The summed E-state index contributed by atoms with van der Waals surface area (Å²) in [7, 11) is 0. The molecule has 0 aliphatic heterocycles. The van der Waals surface area contributed by atoms with E-state index in [1.54, 1.807) is 18.2 Å². The zero-order valence-corrected chi connectivity index (χ0v) is 13.7. The summed E-state index contributed by atoms with van der Waals surface area (Å²) in [6.45, 7) is 2.05. The highest BCUT2D eigenvalue weighted by Crippen LogP contribution is 2.28. The van der Waals surface area contributed by atoms with Crippen LogP contribution in [-0.4, -0.2) is 5.78 Å². The number of carbonyl (C=O) groups excluding carboxylic acids is 1. The molecule has 0 N–H and O–H groups in total. The Bertz CT molecular complexity index is 855. The first-order valence-corrected chi connectivity index (χ1v) is 7.73. The van der Waals surface area contributed by atoms with Crippen molar-refractivity contribution in [1.29, 1.82) is 0 Å². The molecular formula is C18H12BrClO. The first-order valence-electron chi connectivity index (χ1n) is 6.56. The van der Waals surface area contributed by atoms with Crippen molar-refractivity contribution in [1.82, 2.24) is 0 Å². The van der Waals surface area contributed by atoms with E-state index in [2.05, 4.69) is 15.9 Å². The molecule has 0 saturated carbocycles. The van der Waals surface area contributed by atoms with Crippen molar-refractivity contribution < 1.29 is 4.79 Å². The fourth-order valence-electron chi connectivity index (χ4n) is 2.46. The van der Waals surface area contributed by atoms with Gasteiger partial charge in [0.05, 0.1) is 0 Å². The normalized spacial score (nSPS) is 10.8. The highest BCUT2D eigenvalue weighted by molar-refractivity contribution is 9.10. The Kier molecular flexibility index (Phi) is 3.83. The van der Waals surface area contributed by atoms with Crippen LogP contribution >= 0.6 is 27.5 Å². The van der Waals surface area contributed by atoms with Crippen LogP contribution in [-0.2, 0) is 0 Å². The summed E-state index contributed by atoms with van der Waals surface area (Å²) in [5.41, 5.74) is 2.43. The van der Waals surface area contributed by atoms with Crippen molar-refractivity contribution in [3.8, 4) is 0 Å². The van der Waals surface area contributed by atoms with E-state index in [1.165, 1.54) is 0 Å². The number of benzene rings is 3. The number of hydrogen-bond acceptors (Lipinski definition) is 1. The molecule has 0 bridgehead atoms. The molecule has 0 amide bonds. The van der Waals surface area contributed by atoms with Gasteiger partial charge in [-0.1, -0.05) is 63.9 Å². The zero-order valence-electron chi connectivity index (χ0n) is 11.4. The molecule has 0 spiro atoms. The van der Waals surface area contributed by atoms with Gasteiger partial charge in [-0.15, -0.1) is 0 Å². The van der Waals surface area contributed by atoms with Gasteiger partial charge in [0.2, 0.25) is 0 Å². The van der Waals surface area contributed by atoms with E-state index in [1.807, 2.05) is 43.3 Å². The number of fused-ring (bicyclic) bond motifs is 1. The van der Waals surface area contributed by atoms with Gasteiger partial charge in [0, 0.05) is 20.6 Å². The van der Waals surface area contributed by atoms with Crippen LogP contribution < -0.4 is 0 Å². The fraction of sp³-hybridized carbons (Fsp3) is 0.0556. The summed E-state index contributed by atoms with van der Waals surface area (Å²) in [4.78, 5) is 12.9. The molecule has 0 heterocycles. The van der Waals surface area contributed by atoms with Crippen molar-refractivity contribution in [3.05, 3.63) is 80.8 Å². The molecule has 0 aromatic heterocycles. The summed E-state index contributed by atoms with van der Waals surface area (Å²) in [5.74, 6) is -0.0272. The van der Waals surface area contributed by atoms with Gasteiger partial charge in [0.25, 0.3) is 0 Å². The van der Waals surface area contributed by atoms with Crippen molar-refractivity contribution in [2.75, 3.05) is 0 Å². The standard InChI is InChI=1S/C18H12BrClO/c1-11-6-8-15(14-5-3-2-4-13(11)14)18(21)16-10-12(20)7-9-17(16)19/h2-10H,1H3. The molecular weight excluding hydrogens is 348 g/mol. The largest absolute Gasteiger partial charge is 0.289 e. The third-order valence-electron chi connectivity index (χ3n) is 3.56. The molecule has 1 nitrogen and oxygen atoms in total. The molecule has 3 aromatic carbocycles. The van der Waals surface area contributed by atoms with Crippen LogP contribution in [0.25, 0.3) is 10.8 Å². The lowest BCUT2D eigenvalue weighted by molar-refractivity contribution is 0.103. The Labute approximate surface area is 136 Å². The predicted octanol–water partition coefficient (Wildman–Crippen LogP) is 5.80. The number of hydrogen-bond donors (Lipinski definition) is 0. The number of carbonyl (C=O) groups is 1. The van der Waals surface area contributed by atoms with Crippen molar-refractivity contribution in [2.24, 2.45) is 0 Å². The van der Waals surface area contributed by atoms with E-state index < -0.39 is 0 Å². The van der Waals surface area contributed by atoms with Crippen LogP contribution in [0.1, 0.15) is 21.5 Å². The van der Waals surface area contributed by atoms with E-state index in [9.17, 15) is 4.79 Å². The van der Waals surface area contributed by atoms with Crippen LogP contribution in [0.2, 0.25) is 5.02 Å². The maximum absolute atomic E-state index is 12.9. The quantitative estimate of drug-likeness (QED) is 0.529. The van der Waals surface area contributed by atoms with Crippen molar-refractivity contribution in [2.45, 2.75) is 6.92 Å². The molecule has 0 unspecified atom stereocenters. The minimum atomic E-state index is -0.0272. The fourth-order valence-corrected chi connectivity index (χ4v) is 3.06. The number of aryl methyl sites for hydroxylation is 1. The average molecular weight is 360 g/mol. The van der Waals surface area contributed by atoms with Crippen molar-refractivity contribution >= 4 is 44.1 Å². The molecule has 21 heavy (non-hydrogen) atoms. The predicted molar refractivity (Wildman–Crippen MR) is 91.3 cm³/mol. The summed E-state index contributed by atoms with van der Waals surface area (Å²) in [5, 5.41) is 2.62. The molecule has 0 radical (unpaired) electrons. The van der Waals surface area contributed by atoms with E-state index >= 15 is 0 Å². The lowest BCUT2D eigenvalue weighted by Crippen LogP contribution is -2.03. The molecule has 0 aliphatic carbocycles. The Morgan fingerprint density at radius 3 is 2.43 bits per heavy atom. The number of rotatable bonds is 2. The summed E-state index contributed by atoms with van der Waals surface area (Å²) >= 11 is 9.45. The van der Waals surface area contributed by atoms with E-state index in [0.29, 0.717) is 16.1 Å². The molecule has 3 aromatic rings. The van der Waals surface area contributed by atoms with Gasteiger partial charge in [-0.05, 0) is 41.5 Å². The van der Waals surface area contributed by atoms with Gasteiger partial charge in [-0.2, -0.15) is 0 Å². The van der Waals surface area contributed by atoms with E-state index in [4.69, 9.17) is 11.6 Å². The summed E-state index contributed by atoms with van der Waals surface area (Å²) in [6.07, 6.45) is 0. The SMILES string of the molecule is Cc1ccc(C(=O)c2cc(Cl)ccc2Br)c2ccccc12. The number of halogens is 2. The van der Waals surface area contributed by atoms with Crippen LogP contribution in [0, 0.1) is 6.92 Å². The average Bonchev–Trinajstić information content (AvgIpc) is 2.50. The number of ketones is 1. The molecule has 0 fully saturated rings. The maximum Gasteiger partial charge on any atom is 0.194 e. The molecule has 3 rings (SSSR count). The monoisotopic (exact) mass is 358 g/mol. The maximum atomic E-state index is 12.9. The second kappa shape index (κ2) is 5.63. The first kappa shape index (κ1) is 14.3. The Balaban J connectivity index is 2.23. The van der Waals surface area contributed by atoms with Crippen LogP contribution in [0.3, 0.4) is 0 Å². The minimum Gasteiger partial charge on any atom is -0.289 e. The lowest BCUT2D eigenvalue weighted by Gasteiger charge is -2.09. The minimum absolute atomic E-state index is 0.0272. The van der Waals surface area contributed by atoms with Gasteiger partial charge < -0.3 is 0 Å². The van der Waals surface area contributed by atoms with Crippen molar-refractivity contribution in [3.63, 3.8) is 0 Å². The van der Waals surface area contributed by atoms with Crippen LogP contribution in [0.4, 0.5) is 0 Å².